The van der Waals surface area contributed by atoms with Gasteiger partial charge in [-0.3, -0.25) is 9.10 Å². The molecular formula is C16H16Cl2N2O3S. The highest BCUT2D eigenvalue weighted by atomic mass is 35.5. The van der Waals surface area contributed by atoms with Crippen molar-refractivity contribution in [3.63, 3.8) is 0 Å². The number of nitrogens with one attached hydrogen (secondary N) is 1. The van der Waals surface area contributed by atoms with Crippen LogP contribution >= 0.6 is 23.2 Å². The van der Waals surface area contributed by atoms with Gasteiger partial charge in [-0.15, -0.1) is 0 Å². The van der Waals surface area contributed by atoms with Crippen molar-refractivity contribution in [2.24, 2.45) is 0 Å². The van der Waals surface area contributed by atoms with Crippen LogP contribution in [0.3, 0.4) is 0 Å². The third-order valence-electron chi connectivity index (χ3n) is 3.16. The maximum atomic E-state index is 13.0. The maximum absolute atomic E-state index is 13.0. The van der Waals surface area contributed by atoms with Gasteiger partial charge >= 0.3 is 0 Å². The molecule has 0 saturated carbocycles. The van der Waals surface area contributed by atoms with Gasteiger partial charge in [0.25, 0.3) is 10.0 Å². The van der Waals surface area contributed by atoms with Gasteiger partial charge in [0.15, 0.2) is 0 Å². The second-order valence-electron chi connectivity index (χ2n) is 4.90. The molecule has 0 aliphatic rings. The molecule has 8 heteroatoms. The van der Waals surface area contributed by atoms with E-state index in [1.165, 1.54) is 30.3 Å². The summed E-state index contributed by atoms with van der Waals surface area (Å²) >= 11 is 11.8. The molecule has 0 saturated heterocycles. The first-order valence-electron chi connectivity index (χ1n) is 7.15. The largest absolute Gasteiger partial charge is 0.355 e. The van der Waals surface area contributed by atoms with E-state index >= 15 is 0 Å². The first kappa shape index (κ1) is 18.6. The third kappa shape index (κ3) is 4.41. The summed E-state index contributed by atoms with van der Waals surface area (Å²) in [5.74, 6) is -0.407. The van der Waals surface area contributed by atoms with Crippen LogP contribution in [0, 0.1) is 0 Å². The average molecular weight is 387 g/mol. The number of carbonyl (C=O) groups excluding carboxylic acids is 1. The van der Waals surface area contributed by atoms with Crippen molar-refractivity contribution >= 4 is 44.8 Å². The van der Waals surface area contributed by atoms with E-state index < -0.39 is 15.9 Å². The number of rotatable bonds is 6. The van der Waals surface area contributed by atoms with Crippen molar-refractivity contribution in [3.8, 4) is 0 Å². The minimum absolute atomic E-state index is 0.0381. The number of amides is 1. The minimum atomic E-state index is -3.95. The van der Waals surface area contributed by atoms with Crippen LogP contribution in [0.4, 0.5) is 5.69 Å². The number of benzene rings is 2. The Morgan fingerprint density at radius 2 is 1.75 bits per heavy atom. The lowest BCUT2D eigenvalue weighted by molar-refractivity contribution is -0.119. The smallest absolute Gasteiger partial charge is 0.264 e. The SMILES string of the molecule is CCNC(=O)CN(c1cccc(Cl)c1)S(=O)(=O)c1ccc(Cl)cc1. The van der Waals surface area contributed by atoms with Crippen LogP contribution in [0.5, 0.6) is 0 Å². The summed E-state index contributed by atoms with van der Waals surface area (Å²) in [5, 5.41) is 3.39. The van der Waals surface area contributed by atoms with Gasteiger partial charge in [-0.1, -0.05) is 29.3 Å². The van der Waals surface area contributed by atoms with Crippen LogP contribution in [0.2, 0.25) is 10.0 Å². The summed E-state index contributed by atoms with van der Waals surface area (Å²) in [5.41, 5.74) is 0.309. The Bertz CT molecular complexity index is 823. The second-order valence-corrected chi connectivity index (χ2v) is 7.63. The number of nitrogens with zero attached hydrogens (tertiary/aromatic N) is 1. The fraction of sp³-hybridized carbons (Fsp3) is 0.188. The fourth-order valence-electron chi connectivity index (χ4n) is 2.06. The van der Waals surface area contributed by atoms with E-state index in [9.17, 15) is 13.2 Å². The van der Waals surface area contributed by atoms with Gasteiger partial charge < -0.3 is 5.32 Å². The topological polar surface area (TPSA) is 66.5 Å². The summed E-state index contributed by atoms with van der Waals surface area (Å²) in [6, 6.07) is 12.1. The molecule has 0 spiro atoms. The van der Waals surface area contributed by atoms with Gasteiger partial charge in [0.1, 0.15) is 6.54 Å². The maximum Gasteiger partial charge on any atom is 0.264 e. The average Bonchev–Trinajstić information content (AvgIpc) is 2.53. The highest BCUT2D eigenvalue weighted by molar-refractivity contribution is 7.92. The van der Waals surface area contributed by atoms with E-state index in [0.717, 1.165) is 4.31 Å². The molecule has 0 aromatic heterocycles. The first-order chi connectivity index (χ1) is 11.3. The van der Waals surface area contributed by atoms with Crippen molar-refractivity contribution in [3.05, 3.63) is 58.6 Å². The molecule has 5 nitrogen and oxygen atoms in total. The van der Waals surface area contributed by atoms with Gasteiger partial charge in [0, 0.05) is 16.6 Å². The highest BCUT2D eigenvalue weighted by Gasteiger charge is 2.27. The summed E-state index contributed by atoms with van der Waals surface area (Å²) in [7, 11) is -3.95. The van der Waals surface area contributed by atoms with Gasteiger partial charge in [-0.05, 0) is 49.4 Å². The molecule has 2 aromatic rings. The minimum Gasteiger partial charge on any atom is -0.355 e. The molecule has 24 heavy (non-hydrogen) atoms. The zero-order valence-corrected chi connectivity index (χ0v) is 15.2. The normalized spacial score (nSPS) is 11.1. The van der Waals surface area contributed by atoms with E-state index in [0.29, 0.717) is 22.3 Å². The van der Waals surface area contributed by atoms with Crippen molar-refractivity contribution < 1.29 is 13.2 Å². The molecule has 2 rings (SSSR count). The quantitative estimate of drug-likeness (QED) is 0.827. The van der Waals surface area contributed by atoms with Gasteiger partial charge in [0.05, 0.1) is 10.6 Å². The molecule has 1 amide bonds. The van der Waals surface area contributed by atoms with Crippen LogP contribution in [-0.2, 0) is 14.8 Å². The summed E-state index contributed by atoms with van der Waals surface area (Å²) in [6.45, 7) is 1.82. The molecule has 0 heterocycles. The summed E-state index contributed by atoms with van der Waals surface area (Å²) < 4.78 is 26.9. The molecule has 0 aliphatic heterocycles. The molecule has 128 valence electrons. The Labute approximate surface area is 151 Å². The molecule has 2 aromatic carbocycles. The molecule has 0 radical (unpaired) electrons. The number of anilines is 1. The number of likely N-dealkylation sites (N-methyl/N-ethyl adjacent to an activating group) is 1. The summed E-state index contributed by atoms with van der Waals surface area (Å²) in [6.07, 6.45) is 0. The van der Waals surface area contributed by atoms with Crippen LogP contribution in [0.25, 0.3) is 0 Å². The number of hydrogen-bond acceptors (Lipinski definition) is 3. The number of carbonyl (C=O) groups is 1. The van der Waals surface area contributed by atoms with Gasteiger partial charge in [-0.25, -0.2) is 8.42 Å². The summed E-state index contributed by atoms with van der Waals surface area (Å²) in [4.78, 5) is 12.0. The van der Waals surface area contributed by atoms with Gasteiger partial charge in [-0.2, -0.15) is 0 Å². The van der Waals surface area contributed by atoms with Crippen molar-refractivity contribution in [1.29, 1.82) is 0 Å². The lowest BCUT2D eigenvalue weighted by Gasteiger charge is -2.24. The molecule has 0 fully saturated rings. The molecule has 0 aliphatic carbocycles. The van der Waals surface area contributed by atoms with Crippen LogP contribution in [0.15, 0.2) is 53.4 Å². The van der Waals surface area contributed by atoms with Crippen molar-refractivity contribution in [1.82, 2.24) is 5.32 Å². The molecule has 0 atom stereocenters. The predicted octanol–water partition coefficient (Wildman–Crippen LogP) is 3.32. The Morgan fingerprint density at radius 1 is 1.08 bits per heavy atom. The van der Waals surface area contributed by atoms with Crippen molar-refractivity contribution in [2.45, 2.75) is 11.8 Å². The number of sulfonamides is 1. The Morgan fingerprint density at radius 3 is 2.33 bits per heavy atom. The molecule has 0 unspecified atom stereocenters. The lowest BCUT2D eigenvalue weighted by Crippen LogP contribution is -2.40. The van der Waals surface area contributed by atoms with Crippen LogP contribution in [-0.4, -0.2) is 27.4 Å². The predicted molar refractivity (Wildman–Crippen MR) is 96.1 cm³/mol. The van der Waals surface area contributed by atoms with Crippen LogP contribution in [0.1, 0.15) is 6.92 Å². The van der Waals surface area contributed by atoms with E-state index in [2.05, 4.69) is 5.32 Å². The van der Waals surface area contributed by atoms with E-state index in [1.54, 1.807) is 25.1 Å². The van der Waals surface area contributed by atoms with E-state index in [1.807, 2.05) is 0 Å². The van der Waals surface area contributed by atoms with Gasteiger partial charge in [0.2, 0.25) is 5.91 Å². The Hall–Kier alpha value is -1.76. The third-order valence-corrected chi connectivity index (χ3v) is 5.43. The molecule has 1 N–H and O–H groups in total. The first-order valence-corrected chi connectivity index (χ1v) is 9.34. The zero-order valence-electron chi connectivity index (χ0n) is 12.9. The van der Waals surface area contributed by atoms with E-state index in [-0.39, 0.29) is 11.4 Å². The fourth-order valence-corrected chi connectivity index (χ4v) is 3.79. The Kier molecular flexibility index (Phi) is 6.10. The molecule has 0 bridgehead atoms. The molecular weight excluding hydrogens is 371 g/mol. The van der Waals surface area contributed by atoms with Crippen molar-refractivity contribution in [2.75, 3.05) is 17.4 Å². The Balaban J connectivity index is 2.48. The lowest BCUT2D eigenvalue weighted by atomic mass is 10.3. The second kappa shape index (κ2) is 7.88. The highest BCUT2D eigenvalue weighted by Crippen LogP contribution is 2.26. The standard InChI is InChI=1S/C16H16Cl2N2O3S/c1-2-19-16(21)11-20(14-5-3-4-13(18)10-14)24(22,23)15-8-6-12(17)7-9-15/h3-10H,2,11H2,1H3,(H,19,21). The monoisotopic (exact) mass is 386 g/mol. The number of hydrogen-bond donors (Lipinski definition) is 1. The van der Waals surface area contributed by atoms with Crippen LogP contribution < -0.4 is 9.62 Å². The zero-order chi connectivity index (χ0) is 17.7. The number of halogens is 2. The van der Waals surface area contributed by atoms with E-state index in [4.69, 9.17) is 23.2 Å².